The van der Waals surface area contributed by atoms with Crippen LogP contribution in [0.3, 0.4) is 0 Å². The van der Waals surface area contributed by atoms with E-state index in [1.807, 2.05) is 61.5 Å². The van der Waals surface area contributed by atoms with Gasteiger partial charge in [0.1, 0.15) is 0 Å². The van der Waals surface area contributed by atoms with E-state index in [1.165, 1.54) is 0 Å². The Balaban J connectivity index is 1.50. The zero-order chi connectivity index (χ0) is 20.5. The van der Waals surface area contributed by atoms with E-state index in [0.717, 1.165) is 16.7 Å². The van der Waals surface area contributed by atoms with E-state index >= 15 is 0 Å². The third kappa shape index (κ3) is 3.62. The van der Waals surface area contributed by atoms with E-state index < -0.39 is 17.8 Å². The van der Waals surface area contributed by atoms with Crippen LogP contribution in [0.25, 0.3) is 0 Å². The standard InChI is InChI=1S/C23H24N2O4/c1-15(16-7-3-2-4-8-16)25-13-18(11-21(25)26)22(27)24-12-17-9-5-6-10-19(17)20(14-24)23(28)29/h2-10,15,18,20H,11-14H2,1H3,(H,28,29). The summed E-state index contributed by atoms with van der Waals surface area (Å²) in [5, 5.41) is 9.63. The third-order valence-electron chi connectivity index (χ3n) is 6.06. The number of carbonyl (C=O) groups is 3. The molecule has 29 heavy (non-hydrogen) atoms. The fraction of sp³-hybridized carbons (Fsp3) is 0.348. The molecule has 0 radical (unpaired) electrons. The highest BCUT2D eigenvalue weighted by atomic mass is 16.4. The number of likely N-dealkylation sites (tertiary alicyclic amines) is 1. The number of carboxylic acids is 1. The van der Waals surface area contributed by atoms with Gasteiger partial charge >= 0.3 is 5.97 Å². The van der Waals surface area contributed by atoms with Gasteiger partial charge in [0, 0.05) is 26.1 Å². The molecule has 0 bridgehead atoms. The number of hydrogen-bond donors (Lipinski definition) is 1. The molecule has 1 N–H and O–H groups in total. The molecule has 4 rings (SSSR count). The number of amides is 2. The number of fused-ring (bicyclic) bond motifs is 1. The number of aliphatic carboxylic acids is 1. The number of rotatable bonds is 4. The minimum Gasteiger partial charge on any atom is -0.481 e. The average Bonchev–Trinajstić information content (AvgIpc) is 3.13. The molecule has 1 fully saturated rings. The fourth-order valence-corrected chi connectivity index (χ4v) is 4.43. The van der Waals surface area contributed by atoms with Gasteiger partial charge in [0.15, 0.2) is 0 Å². The summed E-state index contributed by atoms with van der Waals surface area (Å²) in [7, 11) is 0. The molecular formula is C23H24N2O4. The molecule has 3 unspecified atom stereocenters. The lowest BCUT2D eigenvalue weighted by Gasteiger charge is -2.34. The average molecular weight is 392 g/mol. The summed E-state index contributed by atoms with van der Waals surface area (Å²) in [6, 6.07) is 17.0. The predicted octanol–water partition coefficient (Wildman–Crippen LogP) is 2.81. The van der Waals surface area contributed by atoms with Gasteiger partial charge < -0.3 is 14.9 Å². The number of nitrogens with zero attached hydrogens (tertiary/aromatic N) is 2. The molecule has 0 spiro atoms. The highest BCUT2D eigenvalue weighted by Crippen LogP contribution is 2.33. The van der Waals surface area contributed by atoms with Crippen molar-refractivity contribution in [1.82, 2.24) is 9.80 Å². The van der Waals surface area contributed by atoms with Crippen LogP contribution in [0.5, 0.6) is 0 Å². The van der Waals surface area contributed by atoms with Crippen LogP contribution in [0, 0.1) is 5.92 Å². The topological polar surface area (TPSA) is 77.9 Å². The van der Waals surface area contributed by atoms with Crippen LogP contribution in [0.15, 0.2) is 54.6 Å². The van der Waals surface area contributed by atoms with Crippen LogP contribution in [0.4, 0.5) is 0 Å². The van der Waals surface area contributed by atoms with Crippen molar-refractivity contribution < 1.29 is 19.5 Å². The monoisotopic (exact) mass is 392 g/mol. The maximum Gasteiger partial charge on any atom is 0.312 e. The summed E-state index contributed by atoms with van der Waals surface area (Å²) in [6.07, 6.45) is 0.173. The first kappa shape index (κ1) is 19.2. The van der Waals surface area contributed by atoms with Crippen molar-refractivity contribution in [1.29, 1.82) is 0 Å². The van der Waals surface area contributed by atoms with Gasteiger partial charge in [-0.25, -0.2) is 0 Å². The second-order valence-electron chi connectivity index (χ2n) is 7.84. The van der Waals surface area contributed by atoms with Crippen LogP contribution >= 0.6 is 0 Å². The quantitative estimate of drug-likeness (QED) is 0.868. The zero-order valence-electron chi connectivity index (χ0n) is 16.3. The van der Waals surface area contributed by atoms with E-state index in [-0.39, 0.29) is 30.8 Å². The Morgan fingerprint density at radius 1 is 1.03 bits per heavy atom. The molecule has 2 aromatic carbocycles. The predicted molar refractivity (Wildman–Crippen MR) is 107 cm³/mol. The number of benzene rings is 2. The molecule has 2 aliphatic heterocycles. The zero-order valence-corrected chi connectivity index (χ0v) is 16.3. The van der Waals surface area contributed by atoms with Gasteiger partial charge in [-0.2, -0.15) is 0 Å². The molecule has 2 heterocycles. The lowest BCUT2D eigenvalue weighted by atomic mass is 9.89. The largest absolute Gasteiger partial charge is 0.481 e. The minimum atomic E-state index is -0.934. The Hall–Kier alpha value is -3.15. The third-order valence-corrected chi connectivity index (χ3v) is 6.06. The molecular weight excluding hydrogens is 368 g/mol. The molecule has 150 valence electrons. The summed E-state index contributed by atoms with van der Waals surface area (Å²) >= 11 is 0. The lowest BCUT2D eigenvalue weighted by Crippen LogP contribution is -2.44. The van der Waals surface area contributed by atoms with Crippen LogP contribution in [-0.4, -0.2) is 45.8 Å². The smallest absolute Gasteiger partial charge is 0.312 e. The summed E-state index contributed by atoms with van der Waals surface area (Å²) in [6.45, 7) is 2.86. The molecule has 2 aromatic rings. The van der Waals surface area contributed by atoms with Crippen molar-refractivity contribution in [3.05, 3.63) is 71.3 Å². The van der Waals surface area contributed by atoms with Gasteiger partial charge in [0.25, 0.3) is 0 Å². The Bertz CT molecular complexity index is 943. The van der Waals surface area contributed by atoms with Gasteiger partial charge in [0.05, 0.1) is 17.9 Å². The maximum absolute atomic E-state index is 13.2. The molecule has 1 saturated heterocycles. The van der Waals surface area contributed by atoms with Crippen molar-refractivity contribution >= 4 is 17.8 Å². The Labute approximate surface area is 169 Å². The number of hydrogen-bond acceptors (Lipinski definition) is 3. The van der Waals surface area contributed by atoms with Crippen molar-refractivity contribution in [3.63, 3.8) is 0 Å². The molecule has 0 aliphatic carbocycles. The SMILES string of the molecule is CC(c1ccccc1)N1CC(C(=O)N2Cc3ccccc3C(C(=O)O)C2)CC1=O. The highest BCUT2D eigenvalue weighted by Gasteiger charge is 2.41. The molecule has 0 aromatic heterocycles. The first-order valence-electron chi connectivity index (χ1n) is 9.89. The fourth-order valence-electron chi connectivity index (χ4n) is 4.43. The lowest BCUT2D eigenvalue weighted by molar-refractivity contribution is -0.142. The summed E-state index contributed by atoms with van der Waals surface area (Å²) in [4.78, 5) is 40.9. The van der Waals surface area contributed by atoms with Crippen LogP contribution < -0.4 is 0 Å². The summed E-state index contributed by atoms with van der Waals surface area (Å²) in [5.74, 6) is -2.28. The minimum absolute atomic E-state index is 0.0353. The van der Waals surface area contributed by atoms with Crippen molar-refractivity contribution in [3.8, 4) is 0 Å². The number of carboxylic acid groups (broad SMARTS) is 1. The van der Waals surface area contributed by atoms with Gasteiger partial charge in [-0.1, -0.05) is 54.6 Å². The Morgan fingerprint density at radius 2 is 1.72 bits per heavy atom. The Morgan fingerprint density at radius 3 is 2.45 bits per heavy atom. The molecule has 3 atom stereocenters. The first-order valence-corrected chi connectivity index (χ1v) is 9.89. The van der Waals surface area contributed by atoms with Crippen molar-refractivity contribution in [2.24, 2.45) is 5.92 Å². The summed E-state index contributed by atoms with van der Waals surface area (Å²) in [5.41, 5.74) is 2.66. The second-order valence-corrected chi connectivity index (χ2v) is 7.84. The van der Waals surface area contributed by atoms with E-state index in [4.69, 9.17) is 0 Å². The van der Waals surface area contributed by atoms with Crippen LogP contribution in [0.2, 0.25) is 0 Å². The molecule has 2 amide bonds. The van der Waals surface area contributed by atoms with Gasteiger partial charge in [-0.05, 0) is 23.6 Å². The van der Waals surface area contributed by atoms with Gasteiger partial charge in [-0.3, -0.25) is 14.4 Å². The van der Waals surface area contributed by atoms with E-state index in [1.54, 1.807) is 9.80 Å². The van der Waals surface area contributed by atoms with Crippen LogP contribution in [-0.2, 0) is 20.9 Å². The first-order chi connectivity index (χ1) is 14.0. The van der Waals surface area contributed by atoms with Crippen molar-refractivity contribution in [2.45, 2.75) is 31.8 Å². The van der Waals surface area contributed by atoms with Crippen LogP contribution in [0.1, 0.15) is 42.0 Å². The van der Waals surface area contributed by atoms with E-state index in [9.17, 15) is 19.5 Å². The maximum atomic E-state index is 13.2. The van der Waals surface area contributed by atoms with Gasteiger partial charge in [-0.15, -0.1) is 0 Å². The normalized spacial score (nSPS) is 22.3. The molecule has 2 aliphatic rings. The van der Waals surface area contributed by atoms with E-state index in [0.29, 0.717) is 13.1 Å². The van der Waals surface area contributed by atoms with Crippen molar-refractivity contribution in [2.75, 3.05) is 13.1 Å². The molecule has 6 heteroatoms. The Kier molecular flexibility index (Phi) is 5.09. The number of carbonyl (C=O) groups excluding carboxylic acids is 2. The van der Waals surface area contributed by atoms with Gasteiger partial charge in [0.2, 0.25) is 11.8 Å². The summed E-state index contributed by atoms with van der Waals surface area (Å²) < 4.78 is 0. The molecule has 0 saturated carbocycles. The highest BCUT2D eigenvalue weighted by molar-refractivity contribution is 5.90. The second kappa shape index (κ2) is 7.70. The molecule has 6 nitrogen and oxygen atoms in total. The van der Waals surface area contributed by atoms with E-state index in [2.05, 4.69) is 0 Å².